The first-order valence-electron chi connectivity index (χ1n) is 5.50. The fourth-order valence-electron chi connectivity index (χ4n) is 1.51. The van der Waals surface area contributed by atoms with Crippen molar-refractivity contribution in [1.29, 1.82) is 0 Å². The molecule has 0 atom stereocenters. The van der Waals surface area contributed by atoms with Crippen molar-refractivity contribution in [2.75, 3.05) is 17.6 Å². The highest BCUT2D eigenvalue weighted by Crippen LogP contribution is 2.25. The average Bonchev–Trinajstić information content (AvgIpc) is 2.42. The Kier molecular flexibility index (Phi) is 4.01. The summed E-state index contributed by atoms with van der Waals surface area (Å²) >= 11 is 5.79. The van der Waals surface area contributed by atoms with Gasteiger partial charge in [0, 0.05) is 11.1 Å². The number of ether oxygens (including phenoxy) is 1. The summed E-state index contributed by atoms with van der Waals surface area (Å²) < 4.78 is 31.7. The van der Waals surface area contributed by atoms with Gasteiger partial charge in [-0.15, -0.1) is 0 Å². The highest BCUT2D eigenvalue weighted by molar-refractivity contribution is 7.92. The Balaban J connectivity index is 2.32. The standard InChI is InChI=1S/C12H12ClN3O3S/c1-19-12-5-3-9(7-15-12)16-20(17,18)11-6-8(13)2-4-10(11)14/h2-7,16H,14H2,1H3. The molecule has 0 amide bonds. The number of hydrogen-bond donors (Lipinski definition) is 2. The van der Waals surface area contributed by atoms with Crippen LogP contribution in [0.1, 0.15) is 0 Å². The lowest BCUT2D eigenvalue weighted by Crippen LogP contribution is -2.15. The van der Waals surface area contributed by atoms with Gasteiger partial charge in [0.15, 0.2) is 0 Å². The molecule has 0 aliphatic carbocycles. The highest BCUT2D eigenvalue weighted by Gasteiger charge is 2.18. The van der Waals surface area contributed by atoms with Gasteiger partial charge < -0.3 is 10.5 Å². The van der Waals surface area contributed by atoms with Crippen LogP contribution in [0.3, 0.4) is 0 Å². The van der Waals surface area contributed by atoms with E-state index >= 15 is 0 Å². The Hall–Kier alpha value is -1.99. The van der Waals surface area contributed by atoms with Gasteiger partial charge in [-0.2, -0.15) is 0 Å². The first kappa shape index (κ1) is 14.4. The van der Waals surface area contributed by atoms with Crippen molar-refractivity contribution < 1.29 is 13.2 Å². The van der Waals surface area contributed by atoms with Gasteiger partial charge in [0.05, 0.1) is 24.7 Å². The molecule has 20 heavy (non-hydrogen) atoms. The second kappa shape index (κ2) is 5.56. The minimum absolute atomic E-state index is 0.0826. The van der Waals surface area contributed by atoms with E-state index in [-0.39, 0.29) is 15.6 Å². The second-order valence-electron chi connectivity index (χ2n) is 3.88. The zero-order valence-corrected chi connectivity index (χ0v) is 12.1. The molecule has 0 saturated carbocycles. The molecule has 0 fully saturated rings. The molecule has 0 radical (unpaired) electrons. The van der Waals surface area contributed by atoms with E-state index in [9.17, 15) is 8.42 Å². The monoisotopic (exact) mass is 313 g/mol. The Morgan fingerprint density at radius 2 is 2.05 bits per heavy atom. The summed E-state index contributed by atoms with van der Waals surface area (Å²) in [6, 6.07) is 7.31. The average molecular weight is 314 g/mol. The molecular weight excluding hydrogens is 302 g/mol. The number of pyridine rings is 1. The lowest BCUT2D eigenvalue weighted by atomic mass is 10.3. The number of sulfonamides is 1. The van der Waals surface area contributed by atoms with Gasteiger partial charge in [0.2, 0.25) is 5.88 Å². The predicted octanol–water partition coefficient (Wildman–Crippen LogP) is 2.13. The van der Waals surface area contributed by atoms with Crippen LogP contribution in [-0.4, -0.2) is 20.5 Å². The SMILES string of the molecule is COc1ccc(NS(=O)(=O)c2cc(Cl)ccc2N)cn1. The van der Waals surface area contributed by atoms with E-state index in [0.29, 0.717) is 11.6 Å². The largest absolute Gasteiger partial charge is 0.481 e. The van der Waals surface area contributed by atoms with Crippen molar-refractivity contribution in [3.05, 3.63) is 41.6 Å². The number of methoxy groups -OCH3 is 1. The number of anilines is 2. The van der Waals surface area contributed by atoms with Gasteiger partial charge in [0.25, 0.3) is 10.0 Å². The van der Waals surface area contributed by atoms with E-state index in [1.807, 2.05) is 0 Å². The first-order chi connectivity index (χ1) is 9.42. The van der Waals surface area contributed by atoms with Crippen molar-refractivity contribution in [3.63, 3.8) is 0 Å². The normalized spacial score (nSPS) is 11.1. The van der Waals surface area contributed by atoms with E-state index in [4.69, 9.17) is 22.1 Å². The van der Waals surface area contributed by atoms with Crippen molar-refractivity contribution in [2.45, 2.75) is 4.90 Å². The maximum absolute atomic E-state index is 12.2. The summed E-state index contributed by atoms with van der Waals surface area (Å²) in [7, 11) is -2.36. The Morgan fingerprint density at radius 1 is 1.30 bits per heavy atom. The first-order valence-corrected chi connectivity index (χ1v) is 7.36. The third-order valence-corrected chi connectivity index (χ3v) is 4.13. The van der Waals surface area contributed by atoms with Gasteiger partial charge in [0.1, 0.15) is 4.90 Å². The molecule has 1 aromatic heterocycles. The number of nitrogen functional groups attached to an aromatic ring is 1. The fraction of sp³-hybridized carbons (Fsp3) is 0.0833. The van der Waals surface area contributed by atoms with Crippen LogP contribution in [0.5, 0.6) is 5.88 Å². The van der Waals surface area contributed by atoms with E-state index in [2.05, 4.69) is 9.71 Å². The lowest BCUT2D eigenvalue weighted by Gasteiger charge is -2.10. The Labute approximate surface area is 121 Å². The van der Waals surface area contributed by atoms with E-state index in [0.717, 1.165) is 0 Å². The Bertz CT molecular complexity index is 717. The summed E-state index contributed by atoms with van der Waals surface area (Å²) in [6.45, 7) is 0. The maximum Gasteiger partial charge on any atom is 0.264 e. The molecular formula is C12H12ClN3O3S. The topological polar surface area (TPSA) is 94.3 Å². The summed E-state index contributed by atoms with van der Waals surface area (Å²) in [5, 5.41) is 0.285. The summed E-state index contributed by atoms with van der Waals surface area (Å²) in [5.41, 5.74) is 6.07. The molecule has 3 N–H and O–H groups in total. The number of nitrogens with zero attached hydrogens (tertiary/aromatic N) is 1. The molecule has 0 spiro atoms. The number of hydrogen-bond acceptors (Lipinski definition) is 5. The second-order valence-corrected chi connectivity index (χ2v) is 5.96. The number of nitrogens with one attached hydrogen (secondary N) is 1. The van der Waals surface area contributed by atoms with Crippen LogP contribution in [0, 0.1) is 0 Å². The zero-order chi connectivity index (χ0) is 14.8. The molecule has 106 valence electrons. The number of benzene rings is 1. The van der Waals surface area contributed by atoms with Gasteiger partial charge in [-0.25, -0.2) is 13.4 Å². The molecule has 1 heterocycles. The van der Waals surface area contributed by atoms with Crippen LogP contribution in [0.25, 0.3) is 0 Å². The minimum Gasteiger partial charge on any atom is -0.481 e. The van der Waals surface area contributed by atoms with E-state index < -0.39 is 10.0 Å². The molecule has 0 saturated heterocycles. The molecule has 2 rings (SSSR count). The Morgan fingerprint density at radius 3 is 2.65 bits per heavy atom. The smallest absolute Gasteiger partial charge is 0.264 e. The predicted molar refractivity (Wildman–Crippen MR) is 77.5 cm³/mol. The van der Waals surface area contributed by atoms with Crippen molar-refractivity contribution >= 4 is 33.0 Å². The van der Waals surface area contributed by atoms with Crippen LogP contribution in [0.4, 0.5) is 11.4 Å². The van der Waals surface area contributed by atoms with E-state index in [1.165, 1.54) is 37.6 Å². The number of aromatic nitrogens is 1. The molecule has 8 heteroatoms. The third kappa shape index (κ3) is 3.12. The number of rotatable bonds is 4. The van der Waals surface area contributed by atoms with Crippen LogP contribution >= 0.6 is 11.6 Å². The van der Waals surface area contributed by atoms with Gasteiger partial charge >= 0.3 is 0 Å². The molecule has 0 aliphatic rings. The molecule has 0 aliphatic heterocycles. The van der Waals surface area contributed by atoms with Crippen LogP contribution in [0.2, 0.25) is 5.02 Å². The van der Waals surface area contributed by atoms with Crippen molar-refractivity contribution in [1.82, 2.24) is 4.98 Å². The van der Waals surface area contributed by atoms with Crippen molar-refractivity contribution in [3.8, 4) is 5.88 Å². The summed E-state index contributed by atoms with van der Waals surface area (Å²) in [6.07, 6.45) is 1.34. The van der Waals surface area contributed by atoms with Crippen LogP contribution < -0.4 is 15.2 Å². The fourth-order valence-corrected chi connectivity index (χ4v) is 2.95. The highest BCUT2D eigenvalue weighted by atomic mass is 35.5. The van der Waals surface area contributed by atoms with Crippen LogP contribution in [-0.2, 0) is 10.0 Å². The quantitative estimate of drug-likeness (QED) is 0.843. The van der Waals surface area contributed by atoms with Gasteiger partial charge in [-0.3, -0.25) is 4.72 Å². The number of halogens is 1. The lowest BCUT2D eigenvalue weighted by molar-refractivity contribution is 0.398. The zero-order valence-electron chi connectivity index (χ0n) is 10.5. The molecule has 1 aromatic carbocycles. The maximum atomic E-state index is 12.2. The molecule has 2 aromatic rings. The van der Waals surface area contributed by atoms with E-state index in [1.54, 1.807) is 6.07 Å². The van der Waals surface area contributed by atoms with Gasteiger partial charge in [-0.1, -0.05) is 11.6 Å². The van der Waals surface area contributed by atoms with Gasteiger partial charge in [-0.05, 0) is 24.3 Å². The third-order valence-electron chi connectivity index (χ3n) is 2.46. The van der Waals surface area contributed by atoms with Crippen molar-refractivity contribution in [2.24, 2.45) is 0 Å². The summed E-state index contributed by atoms with van der Waals surface area (Å²) in [5.74, 6) is 0.384. The minimum atomic E-state index is -3.83. The number of nitrogens with two attached hydrogens (primary N) is 1. The summed E-state index contributed by atoms with van der Waals surface area (Å²) in [4.78, 5) is 3.83. The molecule has 0 bridgehead atoms. The van der Waals surface area contributed by atoms with Crippen LogP contribution in [0.15, 0.2) is 41.4 Å². The molecule has 0 unspecified atom stereocenters. The molecule has 6 nitrogen and oxygen atoms in total.